The maximum absolute atomic E-state index is 11.5. The maximum atomic E-state index is 11.5. The predicted octanol–water partition coefficient (Wildman–Crippen LogP) is 2.40. The zero-order chi connectivity index (χ0) is 13.4. The third-order valence-corrected chi connectivity index (χ3v) is 3.70. The van der Waals surface area contributed by atoms with Crippen molar-refractivity contribution in [3.8, 4) is 0 Å². The smallest absolute Gasteiger partial charge is 0.325 e. The summed E-state index contributed by atoms with van der Waals surface area (Å²) in [5.41, 5.74) is 5.20. The Morgan fingerprint density at radius 3 is 2.72 bits per heavy atom. The molecular weight excluding hydrogens is 230 g/mol. The molecule has 2 atom stereocenters. The van der Waals surface area contributed by atoms with Crippen LogP contribution in [0.25, 0.3) is 0 Å². The molecule has 1 rings (SSSR count). The minimum Gasteiger partial charge on any atom is -0.468 e. The van der Waals surface area contributed by atoms with Crippen molar-refractivity contribution in [1.29, 1.82) is 0 Å². The van der Waals surface area contributed by atoms with Gasteiger partial charge in [0.15, 0.2) is 0 Å². The SMILES string of the molecule is CCCCCCCOC1CCC(N)(C(=O)OC)C1. The molecule has 0 radical (unpaired) electrons. The zero-order valence-corrected chi connectivity index (χ0v) is 11.7. The third kappa shape index (κ3) is 4.58. The molecule has 0 aromatic heterocycles. The van der Waals surface area contributed by atoms with Gasteiger partial charge < -0.3 is 15.2 Å². The van der Waals surface area contributed by atoms with Crippen molar-refractivity contribution in [2.24, 2.45) is 5.73 Å². The molecule has 0 spiro atoms. The molecule has 0 saturated heterocycles. The second kappa shape index (κ2) is 7.74. The average molecular weight is 257 g/mol. The van der Waals surface area contributed by atoms with Crippen LogP contribution in [0.2, 0.25) is 0 Å². The van der Waals surface area contributed by atoms with Crippen LogP contribution in [0.15, 0.2) is 0 Å². The molecule has 1 aliphatic carbocycles. The van der Waals surface area contributed by atoms with Crippen LogP contribution < -0.4 is 5.73 Å². The standard InChI is InChI=1S/C14H27NO3/c1-3-4-5-6-7-10-18-12-8-9-14(15,11-12)13(16)17-2/h12H,3-11,15H2,1-2H3. The number of hydrogen-bond donors (Lipinski definition) is 1. The van der Waals surface area contributed by atoms with Gasteiger partial charge in [-0.05, 0) is 19.3 Å². The number of carbonyl (C=O) groups excluding carboxylic acids is 1. The van der Waals surface area contributed by atoms with E-state index in [2.05, 4.69) is 6.92 Å². The molecule has 0 heterocycles. The zero-order valence-electron chi connectivity index (χ0n) is 11.7. The molecule has 106 valence electrons. The fraction of sp³-hybridized carbons (Fsp3) is 0.929. The number of ether oxygens (including phenoxy) is 2. The molecule has 1 aliphatic rings. The molecule has 1 fully saturated rings. The van der Waals surface area contributed by atoms with E-state index < -0.39 is 5.54 Å². The van der Waals surface area contributed by atoms with Crippen LogP contribution in [0, 0.1) is 0 Å². The van der Waals surface area contributed by atoms with Crippen LogP contribution in [0.1, 0.15) is 58.3 Å². The molecule has 2 N–H and O–H groups in total. The largest absolute Gasteiger partial charge is 0.468 e. The van der Waals surface area contributed by atoms with Gasteiger partial charge in [-0.15, -0.1) is 0 Å². The van der Waals surface area contributed by atoms with Crippen LogP contribution in [-0.4, -0.2) is 31.3 Å². The van der Waals surface area contributed by atoms with Crippen molar-refractivity contribution in [1.82, 2.24) is 0 Å². The van der Waals surface area contributed by atoms with Gasteiger partial charge in [-0.1, -0.05) is 32.6 Å². The first-order valence-corrected chi connectivity index (χ1v) is 7.11. The highest BCUT2D eigenvalue weighted by atomic mass is 16.5. The molecule has 0 aromatic rings. The van der Waals surface area contributed by atoms with E-state index in [9.17, 15) is 4.79 Å². The summed E-state index contributed by atoms with van der Waals surface area (Å²) in [5, 5.41) is 0. The monoisotopic (exact) mass is 257 g/mol. The van der Waals surface area contributed by atoms with Gasteiger partial charge in [0.05, 0.1) is 13.2 Å². The number of esters is 1. The molecule has 0 aromatic carbocycles. The van der Waals surface area contributed by atoms with Crippen LogP contribution in [0.5, 0.6) is 0 Å². The van der Waals surface area contributed by atoms with E-state index in [-0.39, 0.29) is 12.1 Å². The van der Waals surface area contributed by atoms with E-state index in [1.165, 1.54) is 32.8 Å². The molecule has 0 bridgehead atoms. The molecule has 1 saturated carbocycles. The summed E-state index contributed by atoms with van der Waals surface area (Å²) in [4.78, 5) is 11.5. The Morgan fingerprint density at radius 1 is 1.33 bits per heavy atom. The maximum Gasteiger partial charge on any atom is 0.325 e. The second-order valence-electron chi connectivity index (χ2n) is 5.30. The summed E-state index contributed by atoms with van der Waals surface area (Å²) < 4.78 is 10.5. The van der Waals surface area contributed by atoms with Gasteiger partial charge in [0.2, 0.25) is 0 Å². The van der Waals surface area contributed by atoms with E-state index in [1.54, 1.807) is 0 Å². The summed E-state index contributed by atoms with van der Waals surface area (Å²) in [6.45, 7) is 2.99. The van der Waals surface area contributed by atoms with E-state index in [0.29, 0.717) is 12.8 Å². The first kappa shape index (κ1) is 15.4. The first-order valence-electron chi connectivity index (χ1n) is 7.11. The minimum absolute atomic E-state index is 0.125. The molecule has 4 heteroatoms. The van der Waals surface area contributed by atoms with E-state index in [0.717, 1.165) is 19.4 Å². The van der Waals surface area contributed by atoms with Gasteiger partial charge in [-0.2, -0.15) is 0 Å². The highest BCUT2D eigenvalue weighted by Crippen LogP contribution is 2.31. The molecule has 4 nitrogen and oxygen atoms in total. The highest BCUT2D eigenvalue weighted by Gasteiger charge is 2.43. The lowest BCUT2D eigenvalue weighted by Crippen LogP contribution is -2.46. The topological polar surface area (TPSA) is 61.5 Å². The Bertz CT molecular complexity index is 257. The van der Waals surface area contributed by atoms with Gasteiger partial charge in [0.1, 0.15) is 5.54 Å². The van der Waals surface area contributed by atoms with Crippen molar-refractivity contribution in [2.45, 2.75) is 69.9 Å². The highest BCUT2D eigenvalue weighted by molar-refractivity contribution is 5.80. The Labute approximate surface area is 110 Å². The summed E-state index contributed by atoms with van der Waals surface area (Å²) in [6.07, 6.45) is 8.43. The first-order chi connectivity index (χ1) is 8.62. The van der Waals surface area contributed by atoms with Gasteiger partial charge in [0, 0.05) is 13.0 Å². The molecular formula is C14H27NO3. The normalized spacial score (nSPS) is 27.4. The summed E-state index contributed by atoms with van der Waals surface area (Å²) >= 11 is 0. The van der Waals surface area contributed by atoms with Gasteiger partial charge >= 0.3 is 5.97 Å². The van der Waals surface area contributed by atoms with Gasteiger partial charge in [-0.3, -0.25) is 4.79 Å². The van der Waals surface area contributed by atoms with E-state index in [1.807, 2.05) is 0 Å². The van der Waals surface area contributed by atoms with Crippen LogP contribution in [0.4, 0.5) is 0 Å². The van der Waals surface area contributed by atoms with Crippen LogP contribution in [-0.2, 0) is 14.3 Å². The van der Waals surface area contributed by atoms with Crippen LogP contribution >= 0.6 is 0 Å². The quantitative estimate of drug-likeness (QED) is 0.536. The lowest BCUT2D eigenvalue weighted by molar-refractivity contribution is -0.147. The Balaban J connectivity index is 2.13. The number of hydrogen-bond acceptors (Lipinski definition) is 4. The number of unbranched alkanes of at least 4 members (excludes halogenated alkanes) is 4. The van der Waals surface area contributed by atoms with Crippen LogP contribution in [0.3, 0.4) is 0 Å². The summed E-state index contributed by atoms with van der Waals surface area (Å²) in [6, 6.07) is 0. The van der Waals surface area contributed by atoms with Crippen molar-refractivity contribution in [3.63, 3.8) is 0 Å². The molecule has 0 aliphatic heterocycles. The predicted molar refractivity (Wildman–Crippen MR) is 71.3 cm³/mol. The molecule has 0 amide bonds. The van der Waals surface area contributed by atoms with Gasteiger partial charge in [-0.25, -0.2) is 0 Å². The van der Waals surface area contributed by atoms with Crippen molar-refractivity contribution >= 4 is 5.97 Å². The number of carbonyl (C=O) groups is 1. The summed E-state index contributed by atoms with van der Waals surface area (Å²) in [5.74, 6) is -0.309. The number of methoxy groups -OCH3 is 1. The Morgan fingerprint density at radius 2 is 2.06 bits per heavy atom. The third-order valence-electron chi connectivity index (χ3n) is 3.70. The van der Waals surface area contributed by atoms with Gasteiger partial charge in [0.25, 0.3) is 0 Å². The lowest BCUT2D eigenvalue weighted by Gasteiger charge is -2.20. The fourth-order valence-corrected chi connectivity index (χ4v) is 2.52. The Kier molecular flexibility index (Phi) is 6.65. The Hall–Kier alpha value is -0.610. The van der Waals surface area contributed by atoms with Crippen molar-refractivity contribution < 1.29 is 14.3 Å². The van der Waals surface area contributed by atoms with Crippen molar-refractivity contribution in [2.75, 3.05) is 13.7 Å². The molecule has 2 unspecified atom stereocenters. The van der Waals surface area contributed by atoms with E-state index in [4.69, 9.17) is 15.2 Å². The molecule has 18 heavy (non-hydrogen) atoms. The van der Waals surface area contributed by atoms with E-state index >= 15 is 0 Å². The lowest BCUT2D eigenvalue weighted by atomic mass is 10.00. The summed E-state index contributed by atoms with van der Waals surface area (Å²) in [7, 11) is 1.39. The number of nitrogens with two attached hydrogens (primary N) is 1. The average Bonchev–Trinajstić information content (AvgIpc) is 2.76. The minimum atomic E-state index is -0.818. The van der Waals surface area contributed by atoms with Crippen molar-refractivity contribution in [3.05, 3.63) is 0 Å². The fourth-order valence-electron chi connectivity index (χ4n) is 2.52. The number of rotatable bonds is 8. The second-order valence-corrected chi connectivity index (χ2v) is 5.30.